The van der Waals surface area contributed by atoms with Crippen LogP contribution in [-0.2, 0) is 6.42 Å². The molecule has 4 rings (SSSR count). The van der Waals surface area contributed by atoms with Crippen molar-refractivity contribution < 1.29 is 8.78 Å². The van der Waals surface area contributed by atoms with Crippen molar-refractivity contribution in [3.63, 3.8) is 0 Å². The monoisotopic (exact) mass is 404 g/mol. The van der Waals surface area contributed by atoms with E-state index in [-0.39, 0.29) is 5.52 Å². The van der Waals surface area contributed by atoms with Crippen LogP contribution in [0.4, 0.5) is 20.3 Å². The number of fused-ring (bicyclic) bond motifs is 1. The van der Waals surface area contributed by atoms with Crippen molar-refractivity contribution in [3.8, 4) is 11.8 Å². The molecule has 0 bridgehead atoms. The molecule has 0 aliphatic carbocycles. The van der Waals surface area contributed by atoms with E-state index in [0.717, 1.165) is 11.8 Å². The van der Waals surface area contributed by atoms with E-state index in [1.807, 2.05) is 30.3 Å². The van der Waals surface area contributed by atoms with Gasteiger partial charge in [-0.25, -0.2) is 13.5 Å². The summed E-state index contributed by atoms with van der Waals surface area (Å²) in [6.45, 7) is 0.514. The number of nitriles is 1. The first-order valence-electron chi connectivity index (χ1n) is 9.39. The molecule has 0 amide bonds. The number of nitrogens with zero attached hydrogens (tertiary/aromatic N) is 4. The first-order chi connectivity index (χ1) is 14.6. The van der Waals surface area contributed by atoms with Crippen LogP contribution < -0.4 is 11.1 Å². The molecule has 3 N–H and O–H groups in total. The molecule has 150 valence electrons. The third-order valence-electron chi connectivity index (χ3n) is 4.78. The fraction of sp³-hybridized carbons (Fsp3) is 0.136. The van der Waals surface area contributed by atoms with E-state index in [4.69, 9.17) is 5.73 Å². The van der Waals surface area contributed by atoms with Crippen molar-refractivity contribution in [2.45, 2.75) is 12.8 Å². The summed E-state index contributed by atoms with van der Waals surface area (Å²) in [4.78, 5) is 3.98. The van der Waals surface area contributed by atoms with Crippen LogP contribution >= 0.6 is 0 Å². The Bertz CT molecular complexity index is 1240. The zero-order valence-electron chi connectivity index (χ0n) is 15.9. The van der Waals surface area contributed by atoms with Crippen molar-refractivity contribution in [3.05, 3.63) is 77.6 Å². The Balaban J connectivity index is 1.48. The lowest BCUT2D eigenvalue weighted by molar-refractivity contribution is 0.590. The van der Waals surface area contributed by atoms with Gasteiger partial charge in [-0.1, -0.05) is 18.2 Å². The molecular formula is C22H18F2N6. The minimum atomic E-state index is -0.700. The Kier molecular flexibility index (Phi) is 5.26. The SMILES string of the molecule is N#Cc1c(CCCNc2ccnc3c(F)cc(F)cc23)nn(-c2ccccc2)c1N. The maximum absolute atomic E-state index is 13.9. The number of para-hydroxylation sites is 1. The molecule has 0 saturated carbocycles. The number of nitrogen functional groups attached to an aromatic ring is 1. The molecule has 0 aliphatic rings. The highest BCUT2D eigenvalue weighted by molar-refractivity contribution is 5.91. The van der Waals surface area contributed by atoms with Gasteiger partial charge in [0.2, 0.25) is 0 Å². The standard InChI is InChI=1S/C22H18F2N6/c23-14-11-16-19(8-10-28-21(16)18(24)12-14)27-9-4-7-20-17(13-25)22(26)30(29-20)15-5-2-1-3-6-15/h1-3,5-6,8,10-12H,4,7,9,26H2,(H,27,28). The molecule has 0 fully saturated rings. The van der Waals surface area contributed by atoms with Crippen LogP contribution in [0.2, 0.25) is 0 Å². The second-order valence-corrected chi connectivity index (χ2v) is 6.74. The highest BCUT2D eigenvalue weighted by Crippen LogP contribution is 2.25. The quantitative estimate of drug-likeness (QED) is 0.470. The molecule has 8 heteroatoms. The molecular weight excluding hydrogens is 386 g/mol. The van der Waals surface area contributed by atoms with Crippen molar-refractivity contribution in [1.29, 1.82) is 5.26 Å². The number of aryl methyl sites for hydroxylation is 1. The molecule has 2 aromatic carbocycles. The summed E-state index contributed by atoms with van der Waals surface area (Å²) >= 11 is 0. The number of hydrogen-bond acceptors (Lipinski definition) is 5. The second kappa shape index (κ2) is 8.17. The number of aromatic nitrogens is 3. The predicted molar refractivity (Wildman–Crippen MR) is 111 cm³/mol. The minimum Gasteiger partial charge on any atom is -0.384 e. The average Bonchev–Trinajstić information content (AvgIpc) is 3.07. The van der Waals surface area contributed by atoms with Crippen LogP contribution in [0.1, 0.15) is 17.7 Å². The topological polar surface area (TPSA) is 92.5 Å². The van der Waals surface area contributed by atoms with E-state index in [1.54, 1.807) is 10.7 Å². The Hall–Kier alpha value is -3.99. The minimum absolute atomic E-state index is 0.113. The number of nitrogens with two attached hydrogens (primary N) is 1. The van der Waals surface area contributed by atoms with E-state index in [0.29, 0.717) is 47.5 Å². The zero-order chi connectivity index (χ0) is 21.1. The van der Waals surface area contributed by atoms with Crippen molar-refractivity contribution in [1.82, 2.24) is 14.8 Å². The number of halogens is 2. The van der Waals surface area contributed by atoms with E-state index < -0.39 is 11.6 Å². The Labute approximate surface area is 171 Å². The maximum atomic E-state index is 13.9. The van der Waals surface area contributed by atoms with Crippen LogP contribution in [0.3, 0.4) is 0 Å². The van der Waals surface area contributed by atoms with Crippen LogP contribution in [0, 0.1) is 23.0 Å². The second-order valence-electron chi connectivity index (χ2n) is 6.74. The van der Waals surface area contributed by atoms with Gasteiger partial charge in [0, 0.05) is 29.9 Å². The normalized spacial score (nSPS) is 10.8. The number of pyridine rings is 1. The van der Waals surface area contributed by atoms with Crippen LogP contribution in [0.25, 0.3) is 16.6 Å². The molecule has 0 radical (unpaired) electrons. The van der Waals surface area contributed by atoms with Gasteiger partial charge < -0.3 is 11.1 Å². The Morgan fingerprint density at radius 3 is 2.70 bits per heavy atom. The maximum Gasteiger partial charge on any atom is 0.152 e. The molecule has 2 heterocycles. The zero-order valence-corrected chi connectivity index (χ0v) is 15.9. The van der Waals surface area contributed by atoms with Gasteiger partial charge >= 0.3 is 0 Å². The smallest absolute Gasteiger partial charge is 0.152 e. The lowest BCUT2D eigenvalue weighted by Gasteiger charge is -2.09. The number of rotatable bonds is 6. The molecule has 4 aromatic rings. The van der Waals surface area contributed by atoms with E-state index in [9.17, 15) is 14.0 Å². The molecule has 0 aliphatic heterocycles. The van der Waals surface area contributed by atoms with Crippen molar-refractivity contribution in [2.24, 2.45) is 0 Å². The summed E-state index contributed by atoms with van der Waals surface area (Å²) < 4.78 is 29.1. The van der Waals surface area contributed by atoms with Crippen molar-refractivity contribution in [2.75, 3.05) is 17.6 Å². The summed E-state index contributed by atoms with van der Waals surface area (Å²) in [5, 5.41) is 17.5. The van der Waals surface area contributed by atoms with Gasteiger partial charge in [-0.2, -0.15) is 10.4 Å². The van der Waals surface area contributed by atoms with E-state index in [1.165, 1.54) is 12.3 Å². The highest BCUT2D eigenvalue weighted by Gasteiger charge is 2.16. The van der Waals surface area contributed by atoms with E-state index in [2.05, 4.69) is 21.5 Å². The Morgan fingerprint density at radius 2 is 1.93 bits per heavy atom. The third kappa shape index (κ3) is 3.65. The first-order valence-corrected chi connectivity index (χ1v) is 9.39. The molecule has 30 heavy (non-hydrogen) atoms. The fourth-order valence-corrected chi connectivity index (χ4v) is 3.35. The number of anilines is 2. The number of benzene rings is 2. The van der Waals surface area contributed by atoms with Gasteiger partial charge in [-0.15, -0.1) is 0 Å². The third-order valence-corrected chi connectivity index (χ3v) is 4.78. The molecule has 2 aromatic heterocycles. The summed E-state index contributed by atoms with van der Waals surface area (Å²) in [6.07, 6.45) is 2.63. The lowest BCUT2D eigenvalue weighted by Crippen LogP contribution is -2.05. The molecule has 0 spiro atoms. The largest absolute Gasteiger partial charge is 0.384 e. The van der Waals surface area contributed by atoms with Gasteiger partial charge in [0.05, 0.1) is 11.4 Å². The van der Waals surface area contributed by atoms with Gasteiger partial charge in [0.1, 0.15) is 28.8 Å². The van der Waals surface area contributed by atoms with Crippen molar-refractivity contribution >= 4 is 22.4 Å². The summed E-state index contributed by atoms with van der Waals surface area (Å²) in [5.41, 5.74) is 8.57. The lowest BCUT2D eigenvalue weighted by atomic mass is 10.1. The molecule has 6 nitrogen and oxygen atoms in total. The van der Waals surface area contributed by atoms with Gasteiger partial charge in [-0.05, 0) is 37.1 Å². The predicted octanol–water partition coefficient (Wildman–Crippen LogP) is 4.20. The average molecular weight is 404 g/mol. The summed E-state index contributed by atoms with van der Waals surface area (Å²) in [7, 11) is 0. The molecule has 0 saturated heterocycles. The number of hydrogen-bond donors (Lipinski definition) is 2. The van der Waals surface area contributed by atoms with Crippen LogP contribution in [0.5, 0.6) is 0 Å². The molecule has 0 unspecified atom stereocenters. The van der Waals surface area contributed by atoms with Crippen LogP contribution in [-0.4, -0.2) is 21.3 Å². The van der Waals surface area contributed by atoms with Gasteiger partial charge in [0.15, 0.2) is 5.82 Å². The highest BCUT2D eigenvalue weighted by atomic mass is 19.1. The number of nitrogens with one attached hydrogen (secondary N) is 1. The molecule has 0 atom stereocenters. The van der Waals surface area contributed by atoms with E-state index >= 15 is 0 Å². The summed E-state index contributed by atoms with van der Waals surface area (Å²) in [6, 6.07) is 15.2. The van der Waals surface area contributed by atoms with Gasteiger partial charge in [0.25, 0.3) is 0 Å². The first kappa shape index (κ1) is 19.3. The van der Waals surface area contributed by atoms with Gasteiger partial charge in [-0.3, -0.25) is 4.98 Å². The Morgan fingerprint density at radius 1 is 1.13 bits per heavy atom. The summed E-state index contributed by atoms with van der Waals surface area (Å²) in [5.74, 6) is -1.05. The van der Waals surface area contributed by atoms with Crippen LogP contribution in [0.15, 0.2) is 54.7 Å². The fourth-order valence-electron chi connectivity index (χ4n) is 3.35.